The maximum absolute atomic E-state index is 13.6. The zero-order chi connectivity index (χ0) is 13.8. The molecule has 19 heavy (non-hydrogen) atoms. The van der Waals surface area contributed by atoms with Crippen molar-refractivity contribution in [3.05, 3.63) is 65.5 Å². The lowest BCUT2D eigenvalue weighted by atomic mass is 10.1. The highest BCUT2D eigenvalue weighted by atomic mass is 19.1. The minimum Gasteiger partial charge on any atom is -0.399 e. The van der Waals surface area contributed by atoms with E-state index in [-0.39, 0.29) is 11.7 Å². The van der Waals surface area contributed by atoms with Gasteiger partial charge >= 0.3 is 0 Å². The molecule has 0 radical (unpaired) electrons. The fourth-order valence-corrected chi connectivity index (χ4v) is 1.86. The van der Waals surface area contributed by atoms with E-state index < -0.39 is 6.04 Å². The summed E-state index contributed by atoms with van der Waals surface area (Å²) in [4.78, 5) is 12.0. The molecular formula is C15H15FN2O. The van der Waals surface area contributed by atoms with Gasteiger partial charge < -0.3 is 11.1 Å². The van der Waals surface area contributed by atoms with Gasteiger partial charge in [-0.15, -0.1) is 0 Å². The molecule has 0 bridgehead atoms. The van der Waals surface area contributed by atoms with E-state index in [0.717, 1.165) is 0 Å². The fourth-order valence-electron chi connectivity index (χ4n) is 1.86. The van der Waals surface area contributed by atoms with Crippen molar-refractivity contribution in [2.75, 3.05) is 5.73 Å². The second kappa shape index (κ2) is 5.52. The predicted octanol–water partition coefficient (Wildman–Crippen LogP) is 2.90. The molecule has 0 saturated carbocycles. The first-order valence-electron chi connectivity index (χ1n) is 5.99. The lowest BCUT2D eigenvalue weighted by molar-refractivity contribution is 0.0939. The van der Waals surface area contributed by atoms with E-state index in [2.05, 4.69) is 5.32 Å². The third kappa shape index (κ3) is 3.10. The van der Waals surface area contributed by atoms with Gasteiger partial charge in [0.1, 0.15) is 5.82 Å². The van der Waals surface area contributed by atoms with Crippen LogP contribution in [0.1, 0.15) is 28.9 Å². The average Bonchev–Trinajstić information content (AvgIpc) is 2.39. The lowest BCUT2D eigenvalue weighted by Gasteiger charge is -2.15. The molecule has 1 amide bonds. The summed E-state index contributed by atoms with van der Waals surface area (Å²) in [5.74, 6) is -0.606. The van der Waals surface area contributed by atoms with Crippen molar-refractivity contribution in [3.8, 4) is 0 Å². The number of hydrogen-bond acceptors (Lipinski definition) is 2. The van der Waals surface area contributed by atoms with Crippen LogP contribution in [-0.4, -0.2) is 5.91 Å². The number of rotatable bonds is 3. The number of anilines is 1. The van der Waals surface area contributed by atoms with Crippen molar-refractivity contribution < 1.29 is 9.18 Å². The number of hydrogen-bond donors (Lipinski definition) is 2. The quantitative estimate of drug-likeness (QED) is 0.832. The van der Waals surface area contributed by atoms with Crippen molar-refractivity contribution in [1.82, 2.24) is 5.32 Å². The molecule has 98 valence electrons. The molecule has 3 nitrogen and oxygen atoms in total. The van der Waals surface area contributed by atoms with Gasteiger partial charge in [0.2, 0.25) is 0 Å². The van der Waals surface area contributed by atoms with Gasteiger partial charge in [-0.3, -0.25) is 4.79 Å². The number of nitrogens with two attached hydrogens (primary N) is 1. The van der Waals surface area contributed by atoms with Crippen molar-refractivity contribution in [3.63, 3.8) is 0 Å². The highest BCUT2D eigenvalue weighted by Gasteiger charge is 2.14. The zero-order valence-corrected chi connectivity index (χ0v) is 10.6. The largest absolute Gasteiger partial charge is 0.399 e. The van der Waals surface area contributed by atoms with E-state index in [1.807, 2.05) is 0 Å². The minimum absolute atomic E-state index is 0.275. The SMILES string of the molecule is C[C@@H](NC(=O)c1cccc(N)c1)c1ccccc1F. The molecule has 0 heterocycles. The van der Waals surface area contributed by atoms with E-state index in [4.69, 9.17) is 5.73 Å². The highest BCUT2D eigenvalue weighted by Crippen LogP contribution is 2.17. The maximum Gasteiger partial charge on any atom is 0.251 e. The summed E-state index contributed by atoms with van der Waals surface area (Å²) in [7, 11) is 0. The lowest BCUT2D eigenvalue weighted by Crippen LogP contribution is -2.27. The van der Waals surface area contributed by atoms with Gasteiger partial charge in [-0.2, -0.15) is 0 Å². The van der Waals surface area contributed by atoms with Gasteiger partial charge in [-0.1, -0.05) is 24.3 Å². The Morgan fingerprint density at radius 2 is 1.95 bits per heavy atom. The Morgan fingerprint density at radius 3 is 2.63 bits per heavy atom. The van der Waals surface area contributed by atoms with Crippen LogP contribution in [0.25, 0.3) is 0 Å². The number of halogens is 1. The van der Waals surface area contributed by atoms with Crippen molar-refractivity contribution in [1.29, 1.82) is 0 Å². The standard InChI is InChI=1S/C15H15FN2O/c1-10(13-7-2-3-8-14(13)16)18-15(19)11-5-4-6-12(17)9-11/h2-10H,17H2,1H3,(H,18,19)/t10-/m1/s1. The van der Waals surface area contributed by atoms with E-state index in [1.165, 1.54) is 6.07 Å². The number of benzene rings is 2. The maximum atomic E-state index is 13.6. The molecule has 4 heteroatoms. The topological polar surface area (TPSA) is 55.1 Å². The number of amides is 1. The molecule has 0 fully saturated rings. The normalized spacial score (nSPS) is 11.9. The smallest absolute Gasteiger partial charge is 0.251 e. The van der Waals surface area contributed by atoms with Crippen LogP contribution in [0.2, 0.25) is 0 Å². The number of nitrogen functional groups attached to an aromatic ring is 1. The summed E-state index contributed by atoms with van der Waals surface area (Å²) in [5.41, 5.74) is 7.06. The van der Waals surface area contributed by atoms with Gasteiger partial charge in [-0.05, 0) is 31.2 Å². The van der Waals surface area contributed by atoms with E-state index in [0.29, 0.717) is 16.8 Å². The molecule has 0 spiro atoms. The summed E-state index contributed by atoms with van der Waals surface area (Å²) < 4.78 is 13.6. The summed E-state index contributed by atoms with van der Waals surface area (Å²) in [5, 5.41) is 2.75. The van der Waals surface area contributed by atoms with Crippen LogP contribution >= 0.6 is 0 Å². The molecule has 2 aromatic rings. The van der Waals surface area contributed by atoms with Crippen LogP contribution in [0, 0.1) is 5.82 Å². The summed E-state index contributed by atoms with van der Waals surface area (Å²) in [6.45, 7) is 1.74. The van der Waals surface area contributed by atoms with Crippen LogP contribution in [0.15, 0.2) is 48.5 Å². The first-order valence-corrected chi connectivity index (χ1v) is 5.99. The Morgan fingerprint density at radius 1 is 1.21 bits per heavy atom. The molecule has 2 aromatic carbocycles. The number of carbonyl (C=O) groups is 1. The van der Waals surface area contributed by atoms with Gasteiger partial charge in [0.25, 0.3) is 5.91 Å². The number of carbonyl (C=O) groups excluding carboxylic acids is 1. The van der Waals surface area contributed by atoms with Crippen LogP contribution in [-0.2, 0) is 0 Å². The van der Waals surface area contributed by atoms with E-state index in [9.17, 15) is 9.18 Å². The van der Waals surface area contributed by atoms with Crippen LogP contribution in [0.4, 0.5) is 10.1 Å². The van der Waals surface area contributed by atoms with Crippen molar-refractivity contribution >= 4 is 11.6 Å². The molecule has 3 N–H and O–H groups in total. The summed E-state index contributed by atoms with van der Waals surface area (Å²) >= 11 is 0. The Labute approximate surface area is 111 Å². The highest BCUT2D eigenvalue weighted by molar-refractivity contribution is 5.95. The Hall–Kier alpha value is -2.36. The minimum atomic E-state index is -0.407. The molecule has 0 aliphatic carbocycles. The zero-order valence-electron chi connectivity index (χ0n) is 10.6. The monoisotopic (exact) mass is 258 g/mol. The molecule has 1 atom stereocenters. The Balaban J connectivity index is 2.13. The molecule has 0 unspecified atom stereocenters. The van der Waals surface area contributed by atoms with E-state index in [1.54, 1.807) is 49.4 Å². The fraction of sp³-hybridized carbons (Fsp3) is 0.133. The summed E-state index contributed by atoms with van der Waals surface area (Å²) in [6, 6.07) is 12.6. The van der Waals surface area contributed by atoms with Crippen molar-refractivity contribution in [2.24, 2.45) is 0 Å². The third-order valence-corrected chi connectivity index (χ3v) is 2.87. The van der Waals surface area contributed by atoms with Crippen LogP contribution < -0.4 is 11.1 Å². The summed E-state index contributed by atoms with van der Waals surface area (Å²) in [6.07, 6.45) is 0. The van der Waals surface area contributed by atoms with Gasteiger partial charge in [0.05, 0.1) is 6.04 Å². The van der Waals surface area contributed by atoms with Gasteiger partial charge in [0, 0.05) is 16.8 Å². The molecule has 0 aliphatic rings. The van der Waals surface area contributed by atoms with Gasteiger partial charge in [-0.25, -0.2) is 4.39 Å². The molecule has 0 aliphatic heterocycles. The van der Waals surface area contributed by atoms with Crippen LogP contribution in [0.3, 0.4) is 0 Å². The van der Waals surface area contributed by atoms with Gasteiger partial charge in [0.15, 0.2) is 0 Å². The average molecular weight is 258 g/mol. The first-order chi connectivity index (χ1) is 9.08. The third-order valence-electron chi connectivity index (χ3n) is 2.87. The first kappa shape index (κ1) is 13.1. The molecule has 0 aromatic heterocycles. The van der Waals surface area contributed by atoms with E-state index >= 15 is 0 Å². The predicted molar refractivity (Wildman–Crippen MR) is 73.1 cm³/mol. The molecule has 0 saturated heterocycles. The molecule has 2 rings (SSSR count). The van der Waals surface area contributed by atoms with Crippen molar-refractivity contribution in [2.45, 2.75) is 13.0 Å². The molecular weight excluding hydrogens is 243 g/mol. The number of nitrogens with one attached hydrogen (secondary N) is 1. The Bertz CT molecular complexity index is 598. The second-order valence-electron chi connectivity index (χ2n) is 4.34. The second-order valence-corrected chi connectivity index (χ2v) is 4.34. The van der Waals surface area contributed by atoms with Crippen LogP contribution in [0.5, 0.6) is 0 Å². The Kier molecular flexibility index (Phi) is 3.80.